The van der Waals surface area contributed by atoms with Crippen LogP contribution in [0.15, 0.2) is 24.8 Å². The molecule has 0 rings (SSSR count). The molecule has 0 fully saturated rings. The van der Waals surface area contributed by atoms with E-state index in [-0.39, 0.29) is 5.97 Å². The summed E-state index contributed by atoms with van der Waals surface area (Å²) in [6.45, 7) is 5.88. The van der Waals surface area contributed by atoms with Crippen LogP contribution in [0.3, 0.4) is 0 Å². The number of carbonyl (C=O) groups excluding carboxylic acids is 1. The summed E-state index contributed by atoms with van der Waals surface area (Å²) in [6.07, 6.45) is 9.49. The second-order valence-electron chi connectivity index (χ2n) is 2.73. The molecule has 0 spiro atoms. The minimum absolute atomic E-state index is 0.244. The van der Waals surface area contributed by atoms with Crippen molar-refractivity contribution in [3.8, 4) is 0 Å². The van der Waals surface area contributed by atoms with E-state index in [2.05, 4.69) is 6.58 Å². The molecule has 0 saturated carbocycles. The van der Waals surface area contributed by atoms with Gasteiger partial charge in [-0.1, -0.05) is 12.2 Å². The van der Waals surface area contributed by atoms with Crippen molar-refractivity contribution in [3.63, 3.8) is 0 Å². The van der Waals surface area contributed by atoms with Crippen molar-refractivity contribution in [2.75, 3.05) is 6.61 Å². The summed E-state index contributed by atoms with van der Waals surface area (Å²) in [7, 11) is 0. The highest BCUT2D eigenvalue weighted by molar-refractivity contribution is 5.81. The van der Waals surface area contributed by atoms with Gasteiger partial charge in [0.05, 0.1) is 6.61 Å². The Balaban J connectivity index is 3.29. The van der Waals surface area contributed by atoms with Gasteiger partial charge in [-0.05, 0) is 32.6 Å². The fourth-order valence-corrected chi connectivity index (χ4v) is 0.921. The minimum Gasteiger partial charge on any atom is -0.463 e. The second-order valence-corrected chi connectivity index (χ2v) is 2.73. The van der Waals surface area contributed by atoms with E-state index in [1.165, 1.54) is 6.08 Å². The molecule has 74 valence electrons. The summed E-state index contributed by atoms with van der Waals surface area (Å²) in [5, 5.41) is 0. The Bertz CT molecular complexity index is 171. The molecule has 0 amide bonds. The predicted octanol–water partition coefficient (Wildman–Crippen LogP) is 2.85. The van der Waals surface area contributed by atoms with E-state index in [0.29, 0.717) is 6.61 Å². The Morgan fingerprint density at radius 1 is 1.38 bits per heavy atom. The summed E-state index contributed by atoms with van der Waals surface area (Å²) in [5.41, 5.74) is 0. The maximum atomic E-state index is 10.8. The van der Waals surface area contributed by atoms with Crippen molar-refractivity contribution in [1.29, 1.82) is 0 Å². The molecule has 2 heteroatoms. The molecular formula is C11H18O2. The van der Waals surface area contributed by atoms with Crippen LogP contribution in [0.4, 0.5) is 0 Å². The number of hydrogen-bond acceptors (Lipinski definition) is 2. The Kier molecular flexibility index (Phi) is 8.31. The monoisotopic (exact) mass is 182 g/mol. The molecular weight excluding hydrogens is 164 g/mol. The third kappa shape index (κ3) is 8.86. The molecule has 0 aliphatic rings. The van der Waals surface area contributed by atoms with Crippen LogP contribution >= 0.6 is 0 Å². The van der Waals surface area contributed by atoms with E-state index < -0.39 is 0 Å². The lowest BCUT2D eigenvalue weighted by molar-refractivity contribution is -0.137. The van der Waals surface area contributed by atoms with Crippen LogP contribution in [0.2, 0.25) is 0 Å². The zero-order chi connectivity index (χ0) is 9.94. The standard InChI is InChI=1S/C11H18O2/c1-3-5-6-7-8-9-10-11(12)13-4-2/h3,9-10H,1,4-8H2,2H3/b10-9+. The molecule has 0 N–H and O–H groups in total. The maximum Gasteiger partial charge on any atom is 0.330 e. The van der Waals surface area contributed by atoms with Crippen molar-refractivity contribution in [2.24, 2.45) is 0 Å². The van der Waals surface area contributed by atoms with Crippen LogP contribution in [-0.2, 0) is 9.53 Å². The van der Waals surface area contributed by atoms with E-state index in [9.17, 15) is 4.79 Å². The predicted molar refractivity (Wildman–Crippen MR) is 54.4 cm³/mol. The first-order valence-corrected chi connectivity index (χ1v) is 4.75. The molecule has 0 atom stereocenters. The summed E-state index contributed by atoms with van der Waals surface area (Å²) in [4.78, 5) is 10.8. The van der Waals surface area contributed by atoms with Gasteiger partial charge in [0, 0.05) is 6.08 Å². The highest BCUT2D eigenvalue weighted by atomic mass is 16.5. The summed E-state index contributed by atoms with van der Waals surface area (Å²) >= 11 is 0. The number of allylic oxidation sites excluding steroid dienone is 2. The SMILES string of the molecule is C=CCCCC/C=C/C(=O)OCC. The van der Waals surface area contributed by atoms with Gasteiger partial charge in [0.1, 0.15) is 0 Å². The molecule has 0 bridgehead atoms. The van der Waals surface area contributed by atoms with Crippen molar-refractivity contribution in [2.45, 2.75) is 32.6 Å². The van der Waals surface area contributed by atoms with E-state index in [0.717, 1.165) is 25.7 Å². The number of esters is 1. The highest BCUT2D eigenvalue weighted by Gasteiger charge is 1.91. The Hall–Kier alpha value is -1.05. The van der Waals surface area contributed by atoms with Crippen LogP contribution in [0.1, 0.15) is 32.6 Å². The Morgan fingerprint density at radius 2 is 2.08 bits per heavy atom. The Labute approximate surface area is 80.3 Å². The zero-order valence-electron chi connectivity index (χ0n) is 8.29. The quantitative estimate of drug-likeness (QED) is 0.262. The average Bonchev–Trinajstić information content (AvgIpc) is 2.11. The third-order valence-electron chi connectivity index (χ3n) is 1.57. The van der Waals surface area contributed by atoms with Gasteiger partial charge in [-0.25, -0.2) is 4.79 Å². The lowest BCUT2D eigenvalue weighted by Gasteiger charge is -1.94. The number of unbranched alkanes of at least 4 members (excludes halogenated alkanes) is 3. The fourth-order valence-electron chi connectivity index (χ4n) is 0.921. The van der Waals surface area contributed by atoms with Gasteiger partial charge >= 0.3 is 5.97 Å². The number of hydrogen-bond donors (Lipinski definition) is 0. The molecule has 0 heterocycles. The number of carbonyl (C=O) groups is 1. The average molecular weight is 182 g/mol. The first-order valence-electron chi connectivity index (χ1n) is 4.75. The van der Waals surface area contributed by atoms with Crippen molar-refractivity contribution in [3.05, 3.63) is 24.8 Å². The first-order chi connectivity index (χ1) is 6.31. The molecule has 0 radical (unpaired) electrons. The topological polar surface area (TPSA) is 26.3 Å². The third-order valence-corrected chi connectivity index (χ3v) is 1.57. The lowest BCUT2D eigenvalue weighted by Crippen LogP contribution is -1.98. The molecule has 13 heavy (non-hydrogen) atoms. The van der Waals surface area contributed by atoms with Gasteiger partial charge in [0.15, 0.2) is 0 Å². The van der Waals surface area contributed by atoms with E-state index in [1.54, 1.807) is 6.92 Å². The van der Waals surface area contributed by atoms with E-state index in [4.69, 9.17) is 4.74 Å². The largest absolute Gasteiger partial charge is 0.463 e. The van der Waals surface area contributed by atoms with Gasteiger partial charge in [-0.15, -0.1) is 6.58 Å². The van der Waals surface area contributed by atoms with Crippen LogP contribution in [0, 0.1) is 0 Å². The molecule has 0 aliphatic heterocycles. The normalized spacial score (nSPS) is 10.2. The first kappa shape index (κ1) is 11.9. The zero-order valence-corrected chi connectivity index (χ0v) is 8.29. The smallest absolute Gasteiger partial charge is 0.330 e. The Morgan fingerprint density at radius 3 is 2.69 bits per heavy atom. The van der Waals surface area contributed by atoms with Crippen LogP contribution in [-0.4, -0.2) is 12.6 Å². The van der Waals surface area contributed by atoms with Gasteiger partial charge in [-0.2, -0.15) is 0 Å². The van der Waals surface area contributed by atoms with E-state index >= 15 is 0 Å². The van der Waals surface area contributed by atoms with Crippen molar-refractivity contribution < 1.29 is 9.53 Å². The fraction of sp³-hybridized carbons (Fsp3) is 0.545. The lowest BCUT2D eigenvalue weighted by atomic mass is 10.2. The van der Waals surface area contributed by atoms with Crippen LogP contribution in [0.5, 0.6) is 0 Å². The molecule has 0 aromatic heterocycles. The van der Waals surface area contributed by atoms with Crippen molar-refractivity contribution in [1.82, 2.24) is 0 Å². The van der Waals surface area contributed by atoms with Gasteiger partial charge in [-0.3, -0.25) is 0 Å². The van der Waals surface area contributed by atoms with E-state index in [1.807, 2.05) is 12.2 Å². The summed E-state index contributed by atoms with van der Waals surface area (Å²) in [6, 6.07) is 0. The molecule has 0 aromatic carbocycles. The van der Waals surface area contributed by atoms with Crippen molar-refractivity contribution >= 4 is 5.97 Å². The van der Waals surface area contributed by atoms with Crippen LogP contribution in [0.25, 0.3) is 0 Å². The molecule has 0 unspecified atom stereocenters. The van der Waals surface area contributed by atoms with Crippen LogP contribution < -0.4 is 0 Å². The summed E-state index contributed by atoms with van der Waals surface area (Å²) in [5.74, 6) is -0.244. The molecule has 0 saturated heterocycles. The maximum absolute atomic E-state index is 10.8. The van der Waals surface area contributed by atoms with Gasteiger partial charge in [0.25, 0.3) is 0 Å². The molecule has 2 nitrogen and oxygen atoms in total. The summed E-state index contributed by atoms with van der Waals surface area (Å²) < 4.78 is 4.73. The van der Waals surface area contributed by atoms with Gasteiger partial charge < -0.3 is 4.74 Å². The number of ether oxygens (including phenoxy) is 1. The highest BCUT2D eigenvalue weighted by Crippen LogP contribution is 2.00. The molecule has 0 aliphatic carbocycles. The minimum atomic E-state index is -0.244. The van der Waals surface area contributed by atoms with Gasteiger partial charge in [0.2, 0.25) is 0 Å². The second kappa shape index (κ2) is 9.04. The molecule has 0 aromatic rings. The number of rotatable bonds is 7.